The zero-order valence-electron chi connectivity index (χ0n) is 16.8. The van der Waals surface area contributed by atoms with Gasteiger partial charge in [-0.25, -0.2) is 0 Å². The van der Waals surface area contributed by atoms with Gasteiger partial charge < -0.3 is 15.7 Å². The maximum Gasteiger partial charge on any atom is 0.251 e. The quantitative estimate of drug-likeness (QED) is 0.523. The van der Waals surface area contributed by atoms with Crippen molar-refractivity contribution in [1.82, 2.24) is 10.6 Å². The number of carbonyl (C=O) groups is 1. The molecule has 0 fully saturated rings. The van der Waals surface area contributed by atoms with Crippen LogP contribution in [0.1, 0.15) is 28.4 Å². The molecule has 0 aliphatic heterocycles. The normalized spacial score (nSPS) is 11.8. The second-order valence-electron chi connectivity index (χ2n) is 7.12. The Labute approximate surface area is 172 Å². The molecule has 0 aromatic heterocycles. The molecule has 3 rings (SSSR count). The smallest absolute Gasteiger partial charge is 0.251 e. The van der Waals surface area contributed by atoms with Crippen LogP contribution < -0.4 is 10.6 Å². The van der Waals surface area contributed by atoms with Crippen molar-refractivity contribution in [2.24, 2.45) is 0 Å². The van der Waals surface area contributed by atoms with Crippen molar-refractivity contribution in [3.63, 3.8) is 0 Å². The predicted octanol–water partition coefficient (Wildman–Crippen LogP) is 3.80. The number of aliphatic hydroxyl groups is 1. The molecule has 3 aromatic rings. The van der Waals surface area contributed by atoms with Crippen molar-refractivity contribution in [3.05, 3.63) is 95.6 Å². The van der Waals surface area contributed by atoms with E-state index in [1.165, 1.54) is 11.1 Å². The Kier molecular flexibility index (Phi) is 7.56. The van der Waals surface area contributed by atoms with Gasteiger partial charge in [-0.3, -0.25) is 4.79 Å². The summed E-state index contributed by atoms with van der Waals surface area (Å²) in [5, 5.41) is 16.2. The highest BCUT2D eigenvalue weighted by atomic mass is 16.3. The number of benzene rings is 3. The van der Waals surface area contributed by atoms with Gasteiger partial charge in [-0.15, -0.1) is 0 Å². The maximum atomic E-state index is 12.5. The van der Waals surface area contributed by atoms with Crippen LogP contribution in [0.25, 0.3) is 11.1 Å². The van der Waals surface area contributed by atoms with Crippen molar-refractivity contribution < 1.29 is 9.90 Å². The molecular formula is C25H28N2O2. The Bertz CT molecular complexity index is 925. The van der Waals surface area contributed by atoms with Crippen molar-refractivity contribution in [3.8, 4) is 11.1 Å². The molecule has 3 N–H and O–H groups in total. The molecule has 0 heterocycles. The van der Waals surface area contributed by atoms with Crippen LogP contribution in [-0.4, -0.2) is 30.2 Å². The van der Waals surface area contributed by atoms with E-state index in [2.05, 4.69) is 41.8 Å². The third-order valence-corrected chi connectivity index (χ3v) is 4.84. The van der Waals surface area contributed by atoms with Gasteiger partial charge in [0.05, 0.1) is 6.10 Å². The molecule has 0 saturated heterocycles. The number of hydrogen-bond acceptors (Lipinski definition) is 3. The fourth-order valence-electron chi connectivity index (χ4n) is 3.20. The van der Waals surface area contributed by atoms with Gasteiger partial charge >= 0.3 is 0 Å². The largest absolute Gasteiger partial charge is 0.390 e. The van der Waals surface area contributed by atoms with Crippen molar-refractivity contribution in [1.29, 1.82) is 0 Å². The third-order valence-electron chi connectivity index (χ3n) is 4.84. The number of rotatable bonds is 9. The summed E-state index contributed by atoms with van der Waals surface area (Å²) in [5.74, 6) is -0.183. The molecule has 4 heteroatoms. The lowest BCUT2D eigenvalue weighted by atomic mass is 10.0. The zero-order valence-corrected chi connectivity index (χ0v) is 16.8. The summed E-state index contributed by atoms with van der Waals surface area (Å²) < 4.78 is 0. The standard InChI is InChI=1S/C25H28N2O2/c1-2-19-8-6-9-20(14-19)16-26-17-24(28)18-27-25(29)23-13-7-12-22(15-23)21-10-4-3-5-11-21/h3-15,24,26,28H,2,16-18H2,1H3,(H,27,29)/t24-/m1/s1. The molecule has 150 valence electrons. The number of aryl methyl sites for hydroxylation is 1. The SMILES string of the molecule is CCc1cccc(CNC[C@@H](O)CNC(=O)c2cccc(-c3ccccc3)c2)c1. The predicted molar refractivity (Wildman–Crippen MR) is 118 cm³/mol. The Hall–Kier alpha value is -2.95. The summed E-state index contributed by atoms with van der Waals surface area (Å²) in [6, 6.07) is 25.9. The summed E-state index contributed by atoms with van der Waals surface area (Å²) >= 11 is 0. The molecule has 0 aliphatic rings. The second kappa shape index (κ2) is 10.6. The van der Waals surface area contributed by atoms with Crippen LogP contribution in [0.4, 0.5) is 0 Å². The molecule has 3 aromatic carbocycles. The fraction of sp³-hybridized carbons (Fsp3) is 0.240. The summed E-state index contributed by atoms with van der Waals surface area (Å²) in [6.07, 6.45) is 0.360. The minimum absolute atomic E-state index is 0.183. The van der Waals surface area contributed by atoms with E-state index in [-0.39, 0.29) is 12.5 Å². The average molecular weight is 389 g/mol. The Morgan fingerprint density at radius 2 is 1.59 bits per heavy atom. The first-order valence-electron chi connectivity index (χ1n) is 10.1. The number of carbonyl (C=O) groups excluding carboxylic acids is 1. The Morgan fingerprint density at radius 3 is 2.38 bits per heavy atom. The Balaban J connectivity index is 1.46. The molecule has 0 radical (unpaired) electrons. The van der Waals surface area contributed by atoms with Gasteiger partial charge in [0.1, 0.15) is 0 Å². The van der Waals surface area contributed by atoms with E-state index in [1.54, 1.807) is 6.07 Å². The molecule has 4 nitrogen and oxygen atoms in total. The van der Waals surface area contributed by atoms with Gasteiger partial charge in [-0.1, -0.05) is 73.7 Å². The van der Waals surface area contributed by atoms with Crippen molar-refractivity contribution >= 4 is 5.91 Å². The van der Waals surface area contributed by atoms with Crippen LogP contribution in [0.5, 0.6) is 0 Å². The highest BCUT2D eigenvalue weighted by Gasteiger charge is 2.10. The van der Waals surface area contributed by atoms with E-state index in [1.807, 2.05) is 48.5 Å². The van der Waals surface area contributed by atoms with E-state index in [9.17, 15) is 9.90 Å². The molecule has 1 amide bonds. The third kappa shape index (κ3) is 6.28. The van der Waals surface area contributed by atoms with E-state index in [0.717, 1.165) is 17.5 Å². The summed E-state index contributed by atoms with van der Waals surface area (Å²) in [5.41, 5.74) is 5.14. The molecule has 0 saturated carbocycles. The average Bonchev–Trinajstić information content (AvgIpc) is 2.78. The number of hydrogen-bond donors (Lipinski definition) is 3. The lowest BCUT2D eigenvalue weighted by Crippen LogP contribution is -2.38. The number of nitrogens with one attached hydrogen (secondary N) is 2. The van der Waals surface area contributed by atoms with Crippen LogP contribution >= 0.6 is 0 Å². The monoisotopic (exact) mass is 388 g/mol. The van der Waals surface area contributed by atoms with Crippen LogP contribution in [0, 0.1) is 0 Å². The van der Waals surface area contributed by atoms with Crippen LogP contribution in [0.15, 0.2) is 78.9 Å². The van der Waals surface area contributed by atoms with E-state index in [0.29, 0.717) is 18.7 Å². The maximum absolute atomic E-state index is 12.5. The van der Waals surface area contributed by atoms with E-state index < -0.39 is 6.10 Å². The highest BCUT2D eigenvalue weighted by molar-refractivity contribution is 5.95. The molecular weight excluding hydrogens is 360 g/mol. The molecule has 29 heavy (non-hydrogen) atoms. The van der Waals surface area contributed by atoms with Gasteiger partial charge in [0.25, 0.3) is 5.91 Å². The zero-order chi connectivity index (χ0) is 20.5. The second-order valence-corrected chi connectivity index (χ2v) is 7.12. The van der Waals surface area contributed by atoms with Gasteiger partial charge in [0, 0.05) is 25.2 Å². The molecule has 0 bridgehead atoms. The first-order chi connectivity index (χ1) is 14.2. The lowest BCUT2D eigenvalue weighted by molar-refractivity contribution is 0.0915. The van der Waals surface area contributed by atoms with E-state index >= 15 is 0 Å². The van der Waals surface area contributed by atoms with Gasteiger partial charge in [-0.05, 0) is 40.8 Å². The minimum atomic E-state index is -0.648. The van der Waals surface area contributed by atoms with Crippen molar-refractivity contribution in [2.75, 3.05) is 13.1 Å². The molecule has 0 unspecified atom stereocenters. The molecule has 1 atom stereocenters. The topological polar surface area (TPSA) is 61.4 Å². The first kappa shape index (κ1) is 20.8. The summed E-state index contributed by atoms with van der Waals surface area (Å²) in [4.78, 5) is 12.5. The molecule has 0 spiro atoms. The fourth-order valence-corrected chi connectivity index (χ4v) is 3.20. The first-order valence-corrected chi connectivity index (χ1v) is 10.1. The lowest BCUT2D eigenvalue weighted by Gasteiger charge is -2.14. The van der Waals surface area contributed by atoms with Gasteiger partial charge in [0.2, 0.25) is 0 Å². The van der Waals surface area contributed by atoms with Crippen molar-refractivity contribution in [2.45, 2.75) is 26.0 Å². The molecule has 0 aliphatic carbocycles. The summed E-state index contributed by atoms with van der Waals surface area (Å²) in [7, 11) is 0. The summed E-state index contributed by atoms with van der Waals surface area (Å²) in [6.45, 7) is 3.45. The van der Waals surface area contributed by atoms with Crippen LogP contribution in [0.3, 0.4) is 0 Å². The number of amides is 1. The van der Waals surface area contributed by atoms with Crippen LogP contribution in [-0.2, 0) is 13.0 Å². The van der Waals surface area contributed by atoms with Gasteiger partial charge in [0.15, 0.2) is 0 Å². The van der Waals surface area contributed by atoms with Crippen LogP contribution in [0.2, 0.25) is 0 Å². The Morgan fingerprint density at radius 1 is 0.862 bits per heavy atom. The number of aliphatic hydroxyl groups excluding tert-OH is 1. The highest BCUT2D eigenvalue weighted by Crippen LogP contribution is 2.19. The van der Waals surface area contributed by atoms with Gasteiger partial charge in [-0.2, -0.15) is 0 Å². The van der Waals surface area contributed by atoms with E-state index in [4.69, 9.17) is 0 Å². The minimum Gasteiger partial charge on any atom is -0.390 e.